The quantitative estimate of drug-likeness (QED) is 0.657. The van der Waals surface area contributed by atoms with Gasteiger partial charge in [-0.3, -0.25) is 4.79 Å². The van der Waals surface area contributed by atoms with Crippen molar-refractivity contribution < 1.29 is 8.78 Å². The number of aromatic nitrogens is 3. The highest BCUT2D eigenvalue weighted by Crippen LogP contribution is 2.18. The number of hydrogen-bond donors (Lipinski definition) is 0. The third-order valence-corrected chi connectivity index (χ3v) is 3.55. The van der Waals surface area contributed by atoms with Gasteiger partial charge in [0.05, 0.1) is 17.9 Å². The highest BCUT2D eigenvalue weighted by Gasteiger charge is 2.08. The van der Waals surface area contributed by atoms with Crippen LogP contribution in [0.2, 0.25) is 0 Å². The van der Waals surface area contributed by atoms with E-state index in [-0.39, 0.29) is 17.7 Å². The van der Waals surface area contributed by atoms with Crippen molar-refractivity contribution in [2.24, 2.45) is 0 Å². The van der Waals surface area contributed by atoms with Crippen molar-refractivity contribution in [2.75, 3.05) is 0 Å². The lowest BCUT2D eigenvalue weighted by molar-refractivity contribution is 0.583. The van der Waals surface area contributed by atoms with E-state index < -0.39 is 11.6 Å². The minimum atomic E-state index is -0.701. The molecule has 0 unspecified atom stereocenters. The maximum absolute atomic E-state index is 13.3. The van der Waals surface area contributed by atoms with Crippen molar-refractivity contribution in [3.05, 3.63) is 80.8 Å². The van der Waals surface area contributed by atoms with Crippen LogP contribution in [0.15, 0.2) is 57.9 Å². The highest BCUT2D eigenvalue weighted by molar-refractivity contribution is 9.10. The Hall–Kier alpha value is -2.41. The predicted octanol–water partition coefficient (Wildman–Crippen LogP) is 3.39. The first-order valence-corrected chi connectivity index (χ1v) is 7.47. The molecule has 0 aliphatic carbocycles. The summed E-state index contributed by atoms with van der Waals surface area (Å²) in [5, 5.41) is 4.17. The molecular formula is C16H10BrF2N3O. The van der Waals surface area contributed by atoms with Crippen LogP contribution in [0, 0.1) is 11.6 Å². The van der Waals surface area contributed by atoms with E-state index in [1.165, 1.54) is 16.8 Å². The summed E-state index contributed by atoms with van der Waals surface area (Å²) >= 11 is 3.26. The van der Waals surface area contributed by atoms with Crippen LogP contribution in [0.3, 0.4) is 0 Å². The Kier molecular flexibility index (Phi) is 4.29. The number of halogens is 3. The average molecular weight is 378 g/mol. The molecule has 0 N–H and O–H groups in total. The number of benzene rings is 1. The van der Waals surface area contributed by atoms with Gasteiger partial charge in [-0.25, -0.2) is 18.4 Å². The van der Waals surface area contributed by atoms with Gasteiger partial charge in [0.15, 0.2) is 0 Å². The molecule has 0 amide bonds. The average Bonchev–Trinajstić information content (AvgIpc) is 2.48. The minimum absolute atomic E-state index is 0.157. The van der Waals surface area contributed by atoms with Crippen molar-refractivity contribution >= 4 is 15.9 Å². The van der Waals surface area contributed by atoms with E-state index in [4.69, 9.17) is 0 Å². The molecule has 1 aromatic carbocycles. The molecule has 0 saturated heterocycles. The van der Waals surface area contributed by atoms with Crippen LogP contribution in [0.1, 0.15) is 5.69 Å². The van der Waals surface area contributed by atoms with Gasteiger partial charge in [-0.15, -0.1) is 0 Å². The van der Waals surface area contributed by atoms with Crippen molar-refractivity contribution in [3.8, 4) is 11.3 Å². The van der Waals surface area contributed by atoms with Gasteiger partial charge in [0, 0.05) is 17.7 Å². The predicted molar refractivity (Wildman–Crippen MR) is 84.9 cm³/mol. The lowest BCUT2D eigenvalue weighted by atomic mass is 10.1. The summed E-state index contributed by atoms with van der Waals surface area (Å²) in [7, 11) is 0. The summed E-state index contributed by atoms with van der Waals surface area (Å²) in [5.41, 5.74) is 0.875. The van der Waals surface area contributed by atoms with Gasteiger partial charge in [-0.1, -0.05) is 6.07 Å². The van der Waals surface area contributed by atoms with E-state index in [0.29, 0.717) is 16.0 Å². The first-order valence-electron chi connectivity index (χ1n) is 6.67. The van der Waals surface area contributed by atoms with Crippen molar-refractivity contribution in [1.29, 1.82) is 0 Å². The zero-order chi connectivity index (χ0) is 16.4. The molecule has 4 nitrogen and oxygen atoms in total. The third-order valence-electron chi connectivity index (χ3n) is 3.11. The topological polar surface area (TPSA) is 47.8 Å². The van der Waals surface area contributed by atoms with Gasteiger partial charge < -0.3 is 0 Å². The van der Waals surface area contributed by atoms with E-state index in [9.17, 15) is 13.6 Å². The van der Waals surface area contributed by atoms with E-state index in [2.05, 4.69) is 26.0 Å². The summed E-state index contributed by atoms with van der Waals surface area (Å²) in [5.74, 6) is -1.40. The summed E-state index contributed by atoms with van der Waals surface area (Å²) in [6.07, 6.45) is 0. The molecule has 0 fully saturated rings. The Labute approximate surface area is 138 Å². The molecule has 0 saturated carbocycles. The van der Waals surface area contributed by atoms with Crippen LogP contribution < -0.4 is 5.56 Å². The van der Waals surface area contributed by atoms with Gasteiger partial charge in [-0.05, 0) is 46.3 Å². The second kappa shape index (κ2) is 6.37. The molecule has 0 spiro atoms. The molecule has 0 atom stereocenters. The molecular weight excluding hydrogens is 368 g/mol. The molecule has 0 radical (unpaired) electrons. The van der Waals surface area contributed by atoms with Crippen LogP contribution in [0.4, 0.5) is 8.78 Å². The summed E-state index contributed by atoms with van der Waals surface area (Å²) in [6, 6.07) is 11.2. The molecule has 2 aromatic heterocycles. The Morgan fingerprint density at radius 1 is 1.04 bits per heavy atom. The number of rotatable bonds is 3. The standard InChI is InChI=1S/C16H10BrF2N3O/c17-15-3-1-2-13(20-15)9-22-16(23)5-4-14(21-22)10-6-11(18)8-12(19)7-10/h1-8H,9H2. The first-order chi connectivity index (χ1) is 11.0. The van der Waals surface area contributed by atoms with Gasteiger partial charge in [0.2, 0.25) is 0 Å². The smallest absolute Gasteiger partial charge is 0.267 e. The van der Waals surface area contributed by atoms with E-state index in [1.807, 2.05) is 0 Å². The maximum Gasteiger partial charge on any atom is 0.267 e. The zero-order valence-electron chi connectivity index (χ0n) is 11.7. The third kappa shape index (κ3) is 3.68. The zero-order valence-corrected chi connectivity index (χ0v) is 13.3. The highest BCUT2D eigenvalue weighted by atomic mass is 79.9. The summed E-state index contributed by atoms with van der Waals surface area (Å²) < 4.78 is 28.5. The molecule has 0 aliphatic rings. The van der Waals surface area contributed by atoms with Gasteiger partial charge in [-0.2, -0.15) is 5.10 Å². The summed E-state index contributed by atoms with van der Waals surface area (Å²) in [6.45, 7) is 0.157. The van der Waals surface area contributed by atoms with Crippen molar-refractivity contribution in [2.45, 2.75) is 6.54 Å². The van der Waals surface area contributed by atoms with Crippen LogP contribution in [-0.2, 0) is 6.54 Å². The minimum Gasteiger partial charge on any atom is -0.268 e. The summed E-state index contributed by atoms with van der Waals surface area (Å²) in [4.78, 5) is 16.2. The molecule has 23 heavy (non-hydrogen) atoms. The van der Waals surface area contributed by atoms with Crippen LogP contribution in [-0.4, -0.2) is 14.8 Å². The van der Waals surface area contributed by atoms with Crippen LogP contribution in [0.25, 0.3) is 11.3 Å². The fraction of sp³-hybridized carbons (Fsp3) is 0.0625. The SMILES string of the molecule is O=c1ccc(-c2cc(F)cc(F)c2)nn1Cc1cccc(Br)n1. The molecule has 3 rings (SSSR count). The Bertz CT molecular complexity index is 907. The lowest BCUT2D eigenvalue weighted by Gasteiger charge is -2.07. The monoisotopic (exact) mass is 377 g/mol. The second-order valence-electron chi connectivity index (χ2n) is 4.82. The van der Waals surface area contributed by atoms with Gasteiger partial charge in [0.25, 0.3) is 5.56 Å². The Morgan fingerprint density at radius 2 is 1.78 bits per heavy atom. The molecule has 2 heterocycles. The van der Waals surface area contributed by atoms with E-state index in [0.717, 1.165) is 18.2 Å². The fourth-order valence-corrected chi connectivity index (χ4v) is 2.49. The largest absolute Gasteiger partial charge is 0.268 e. The second-order valence-corrected chi connectivity index (χ2v) is 5.64. The van der Waals surface area contributed by atoms with Crippen LogP contribution >= 0.6 is 15.9 Å². The van der Waals surface area contributed by atoms with Crippen molar-refractivity contribution in [3.63, 3.8) is 0 Å². The number of pyridine rings is 1. The van der Waals surface area contributed by atoms with Gasteiger partial charge >= 0.3 is 0 Å². The lowest BCUT2D eigenvalue weighted by Crippen LogP contribution is -2.23. The molecule has 0 aliphatic heterocycles. The van der Waals surface area contributed by atoms with Gasteiger partial charge in [0.1, 0.15) is 16.2 Å². The normalized spacial score (nSPS) is 10.7. The Balaban J connectivity index is 2.00. The molecule has 7 heteroatoms. The molecule has 0 bridgehead atoms. The first kappa shape index (κ1) is 15.5. The van der Waals surface area contributed by atoms with Crippen LogP contribution in [0.5, 0.6) is 0 Å². The fourth-order valence-electron chi connectivity index (χ4n) is 2.11. The number of hydrogen-bond acceptors (Lipinski definition) is 3. The van der Waals surface area contributed by atoms with E-state index >= 15 is 0 Å². The van der Waals surface area contributed by atoms with E-state index in [1.54, 1.807) is 18.2 Å². The molecule has 3 aromatic rings. The molecule has 116 valence electrons. The van der Waals surface area contributed by atoms with Crippen molar-refractivity contribution in [1.82, 2.24) is 14.8 Å². The number of nitrogens with zero attached hydrogens (tertiary/aromatic N) is 3. The maximum atomic E-state index is 13.3. The Morgan fingerprint density at radius 3 is 2.48 bits per heavy atom.